The smallest absolute Gasteiger partial charge is 0.255 e. The zero-order valence-corrected chi connectivity index (χ0v) is 11.4. The van der Waals surface area contributed by atoms with Crippen LogP contribution in [0, 0.1) is 0 Å². The summed E-state index contributed by atoms with van der Waals surface area (Å²) in [6.07, 6.45) is -2.55. The van der Waals surface area contributed by atoms with Crippen LogP contribution in [0.15, 0.2) is 12.1 Å². The number of hydrogen-bond donors (Lipinski definition) is 0. The first-order chi connectivity index (χ1) is 7.47. The average Bonchev–Trinajstić information content (AvgIpc) is 2.22. The molecule has 0 saturated carbocycles. The van der Waals surface area contributed by atoms with Gasteiger partial charge in [-0.3, -0.25) is 0 Å². The summed E-state index contributed by atoms with van der Waals surface area (Å²) in [5, 5.41) is 0.473. The second-order valence-corrected chi connectivity index (χ2v) is 4.77. The van der Waals surface area contributed by atoms with E-state index >= 15 is 0 Å². The van der Waals surface area contributed by atoms with Crippen molar-refractivity contribution in [1.29, 1.82) is 0 Å². The van der Waals surface area contributed by atoms with Gasteiger partial charge in [0.2, 0.25) is 0 Å². The van der Waals surface area contributed by atoms with E-state index in [0.29, 0.717) is 12.4 Å². The Morgan fingerprint density at radius 1 is 1.31 bits per heavy atom. The Kier molecular flexibility index (Phi) is 5.28. The summed E-state index contributed by atoms with van der Waals surface area (Å²) in [5.41, 5.74) is 0.255. The van der Waals surface area contributed by atoms with Gasteiger partial charge in [-0.2, -0.15) is 0 Å². The molecule has 0 bridgehead atoms. The standard InChI is InChI=1S/C10H9BrCl2F2O/c1-2-16-8-4-6(12)5(3-7(8)13)9(11)10(14)15/h3-4,9-10H,2H2,1H3. The van der Waals surface area contributed by atoms with Crippen LogP contribution in [0.4, 0.5) is 8.78 Å². The molecule has 0 N–H and O–H groups in total. The van der Waals surface area contributed by atoms with Gasteiger partial charge in [0.05, 0.1) is 11.6 Å². The van der Waals surface area contributed by atoms with Crippen LogP contribution in [0.25, 0.3) is 0 Å². The normalized spacial score (nSPS) is 12.9. The highest BCUT2D eigenvalue weighted by Crippen LogP contribution is 2.39. The molecule has 1 nitrogen and oxygen atoms in total. The van der Waals surface area contributed by atoms with Crippen molar-refractivity contribution in [3.8, 4) is 5.75 Å². The van der Waals surface area contributed by atoms with E-state index in [1.54, 1.807) is 6.92 Å². The Morgan fingerprint density at radius 3 is 2.44 bits per heavy atom. The maximum Gasteiger partial charge on any atom is 0.255 e. The van der Waals surface area contributed by atoms with E-state index in [4.69, 9.17) is 27.9 Å². The maximum absolute atomic E-state index is 12.5. The zero-order chi connectivity index (χ0) is 12.3. The fraction of sp³-hybridized carbons (Fsp3) is 0.400. The molecule has 0 spiro atoms. The van der Waals surface area contributed by atoms with Gasteiger partial charge in [0.15, 0.2) is 0 Å². The third-order valence-electron chi connectivity index (χ3n) is 1.87. The molecule has 1 rings (SSSR count). The molecule has 0 aromatic heterocycles. The Labute approximate surface area is 111 Å². The van der Waals surface area contributed by atoms with Gasteiger partial charge in [0, 0.05) is 11.1 Å². The maximum atomic E-state index is 12.5. The lowest BCUT2D eigenvalue weighted by atomic mass is 10.1. The van der Waals surface area contributed by atoms with Crippen LogP contribution in [0.5, 0.6) is 5.75 Å². The van der Waals surface area contributed by atoms with Crippen molar-refractivity contribution >= 4 is 39.1 Å². The van der Waals surface area contributed by atoms with Crippen LogP contribution in [-0.2, 0) is 0 Å². The van der Waals surface area contributed by atoms with Gasteiger partial charge in [-0.25, -0.2) is 8.78 Å². The number of benzene rings is 1. The second kappa shape index (κ2) is 6.03. The molecule has 0 aliphatic heterocycles. The first-order valence-electron chi connectivity index (χ1n) is 4.51. The van der Waals surface area contributed by atoms with Crippen molar-refractivity contribution in [3.05, 3.63) is 27.7 Å². The minimum absolute atomic E-state index is 0.204. The Bertz CT molecular complexity index is 374. The molecule has 0 aliphatic carbocycles. The van der Waals surface area contributed by atoms with Crippen LogP contribution < -0.4 is 4.74 Å². The van der Waals surface area contributed by atoms with E-state index < -0.39 is 11.3 Å². The van der Waals surface area contributed by atoms with E-state index in [1.165, 1.54) is 12.1 Å². The van der Waals surface area contributed by atoms with E-state index in [9.17, 15) is 8.78 Å². The highest BCUT2D eigenvalue weighted by Gasteiger charge is 2.23. The SMILES string of the molecule is CCOc1cc(Cl)c(C(Br)C(F)F)cc1Cl. The molecule has 6 heteroatoms. The lowest BCUT2D eigenvalue weighted by molar-refractivity contribution is 0.147. The molecule has 0 radical (unpaired) electrons. The van der Waals surface area contributed by atoms with Crippen molar-refractivity contribution in [1.82, 2.24) is 0 Å². The molecular weight excluding hydrogens is 325 g/mol. The Balaban J connectivity index is 3.10. The summed E-state index contributed by atoms with van der Waals surface area (Å²) in [5.74, 6) is 0.395. The number of rotatable bonds is 4. The minimum Gasteiger partial charge on any atom is -0.492 e. The summed E-state index contributed by atoms with van der Waals surface area (Å²) in [7, 11) is 0. The van der Waals surface area contributed by atoms with E-state index in [2.05, 4.69) is 15.9 Å². The quantitative estimate of drug-likeness (QED) is 0.697. The second-order valence-electron chi connectivity index (χ2n) is 2.97. The lowest BCUT2D eigenvalue weighted by Crippen LogP contribution is -2.03. The predicted molar refractivity (Wildman–Crippen MR) is 65.3 cm³/mol. The molecule has 0 fully saturated rings. The van der Waals surface area contributed by atoms with Gasteiger partial charge in [0.1, 0.15) is 10.6 Å². The van der Waals surface area contributed by atoms with E-state index in [-0.39, 0.29) is 15.6 Å². The number of halogens is 5. The summed E-state index contributed by atoms with van der Waals surface area (Å²) in [4.78, 5) is -1.13. The zero-order valence-electron chi connectivity index (χ0n) is 8.31. The van der Waals surface area contributed by atoms with E-state index in [0.717, 1.165) is 0 Å². The van der Waals surface area contributed by atoms with Crippen molar-refractivity contribution in [3.63, 3.8) is 0 Å². The molecule has 1 aromatic rings. The van der Waals surface area contributed by atoms with Gasteiger partial charge in [0.25, 0.3) is 6.43 Å². The summed E-state index contributed by atoms with van der Waals surface area (Å²) >= 11 is 14.6. The molecular formula is C10H9BrCl2F2O. The predicted octanol–water partition coefficient (Wildman–Crippen LogP) is 5.09. The fourth-order valence-electron chi connectivity index (χ4n) is 1.16. The van der Waals surface area contributed by atoms with Crippen LogP contribution in [0.2, 0.25) is 10.0 Å². The van der Waals surface area contributed by atoms with Gasteiger partial charge in [-0.05, 0) is 18.6 Å². The molecule has 1 aromatic carbocycles. The molecule has 1 unspecified atom stereocenters. The van der Waals surface area contributed by atoms with Crippen LogP contribution in [-0.4, -0.2) is 13.0 Å². The largest absolute Gasteiger partial charge is 0.492 e. The van der Waals surface area contributed by atoms with E-state index in [1.807, 2.05) is 0 Å². The lowest BCUT2D eigenvalue weighted by Gasteiger charge is -2.14. The molecule has 90 valence electrons. The van der Waals surface area contributed by atoms with Crippen molar-refractivity contribution in [2.24, 2.45) is 0 Å². The summed E-state index contributed by atoms with van der Waals surface area (Å²) < 4.78 is 30.2. The average molecular weight is 334 g/mol. The molecule has 0 heterocycles. The molecule has 16 heavy (non-hydrogen) atoms. The van der Waals surface area contributed by atoms with Crippen molar-refractivity contribution < 1.29 is 13.5 Å². The van der Waals surface area contributed by atoms with Crippen molar-refractivity contribution in [2.45, 2.75) is 18.2 Å². The molecule has 0 aliphatic rings. The highest BCUT2D eigenvalue weighted by atomic mass is 79.9. The number of hydrogen-bond acceptors (Lipinski definition) is 1. The molecule has 0 amide bonds. The van der Waals surface area contributed by atoms with Gasteiger partial charge in [-0.15, -0.1) is 0 Å². The third-order valence-corrected chi connectivity index (χ3v) is 3.38. The minimum atomic E-state index is -2.55. The van der Waals surface area contributed by atoms with Crippen LogP contribution >= 0.6 is 39.1 Å². The molecule has 1 atom stereocenters. The Hall–Kier alpha value is -0.0600. The topological polar surface area (TPSA) is 9.23 Å². The van der Waals surface area contributed by atoms with Gasteiger partial charge >= 0.3 is 0 Å². The first kappa shape index (κ1) is 14.0. The fourth-order valence-corrected chi connectivity index (χ4v) is 2.17. The Morgan fingerprint density at radius 2 is 1.94 bits per heavy atom. The van der Waals surface area contributed by atoms with Gasteiger partial charge < -0.3 is 4.74 Å². The van der Waals surface area contributed by atoms with Gasteiger partial charge in [-0.1, -0.05) is 39.1 Å². The highest BCUT2D eigenvalue weighted by molar-refractivity contribution is 9.09. The number of alkyl halides is 3. The summed E-state index contributed by atoms with van der Waals surface area (Å²) in [6, 6.07) is 2.83. The summed E-state index contributed by atoms with van der Waals surface area (Å²) in [6.45, 7) is 2.23. The van der Waals surface area contributed by atoms with Crippen molar-refractivity contribution in [2.75, 3.05) is 6.61 Å². The number of ether oxygens (including phenoxy) is 1. The van der Waals surface area contributed by atoms with Crippen LogP contribution in [0.3, 0.4) is 0 Å². The van der Waals surface area contributed by atoms with Crippen LogP contribution in [0.1, 0.15) is 17.3 Å². The molecule has 0 saturated heterocycles. The monoisotopic (exact) mass is 332 g/mol. The third kappa shape index (κ3) is 3.22. The first-order valence-corrected chi connectivity index (χ1v) is 6.18.